The van der Waals surface area contributed by atoms with Crippen LogP contribution >= 0.6 is 11.5 Å². The van der Waals surface area contributed by atoms with E-state index in [4.69, 9.17) is 0 Å². The van der Waals surface area contributed by atoms with Crippen molar-refractivity contribution in [3.05, 3.63) is 41.3 Å². The standard InChI is InChI=1S/C11H10N2O3S2/c1-18(15,16)13-11(14)10-7-9(12-17-10)8-5-3-2-4-6-8/h2-7H,1H3,(H,13,14). The summed E-state index contributed by atoms with van der Waals surface area (Å²) in [4.78, 5) is 11.8. The van der Waals surface area contributed by atoms with E-state index in [-0.39, 0.29) is 4.88 Å². The Bertz CT molecular complexity index is 663. The van der Waals surface area contributed by atoms with Gasteiger partial charge in [0.15, 0.2) is 0 Å². The highest BCUT2D eigenvalue weighted by Gasteiger charge is 2.14. The zero-order chi connectivity index (χ0) is 13.2. The third-order valence-corrected chi connectivity index (χ3v) is 3.43. The number of rotatable bonds is 3. The van der Waals surface area contributed by atoms with Gasteiger partial charge in [-0.15, -0.1) is 0 Å². The summed E-state index contributed by atoms with van der Waals surface area (Å²) in [6, 6.07) is 10.9. The molecular weight excluding hydrogens is 272 g/mol. The number of carbonyl (C=O) groups is 1. The second-order valence-corrected chi connectivity index (χ2v) is 6.20. The maximum Gasteiger partial charge on any atom is 0.276 e. The van der Waals surface area contributed by atoms with Crippen molar-refractivity contribution < 1.29 is 13.2 Å². The van der Waals surface area contributed by atoms with Crippen molar-refractivity contribution in [3.63, 3.8) is 0 Å². The minimum atomic E-state index is -3.55. The van der Waals surface area contributed by atoms with Gasteiger partial charge in [-0.25, -0.2) is 13.1 Å². The Morgan fingerprint density at radius 1 is 1.28 bits per heavy atom. The number of aromatic nitrogens is 1. The van der Waals surface area contributed by atoms with Gasteiger partial charge in [-0.05, 0) is 17.6 Å². The monoisotopic (exact) mass is 282 g/mol. The minimum absolute atomic E-state index is 0.263. The van der Waals surface area contributed by atoms with Crippen molar-refractivity contribution in [1.29, 1.82) is 0 Å². The number of nitrogens with one attached hydrogen (secondary N) is 1. The maximum atomic E-state index is 11.6. The molecule has 2 rings (SSSR count). The number of hydrogen-bond donors (Lipinski definition) is 1. The normalized spacial score (nSPS) is 11.2. The summed E-state index contributed by atoms with van der Waals surface area (Å²) in [6.45, 7) is 0. The summed E-state index contributed by atoms with van der Waals surface area (Å²) in [5.41, 5.74) is 1.53. The van der Waals surface area contributed by atoms with Crippen LogP contribution in [0, 0.1) is 0 Å². The predicted octanol–water partition coefficient (Wildman–Crippen LogP) is 1.50. The third kappa shape index (κ3) is 3.14. The SMILES string of the molecule is CS(=O)(=O)NC(=O)c1cc(-c2ccccc2)ns1. The first-order valence-electron chi connectivity index (χ1n) is 5.00. The Kier molecular flexibility index (Phi) is 3.44. The lowest BCUT2D eigenvalue weighted by molar-refractivity contribution is 0.0985. The lowest BCUT2D eigenvalue weighted by atomic mass is 10.1. The molecule has 0 aliphatic heterocycles. The van der Waals surface area contributed by atoms with Crippen LogP contribution in [0.25, 0.3) is 11.3 Å². The summed E-state index contributed by atoms with van der Waals surface area (Å²) >= 11 is 0.967. The molecule has 94 valence electrons. The first-order valence-corrected chi connectivity index (χ1v) is 7.66. The van der Waals surface area contributed by atoms with Crippen molar-refractivity contribution in [2.24, 2.45) is 0 Å². The molecule has 0 radical (unpaired) electrons. The van der Waals surface area contributed by atoms with Gasteiger partial charge in [-0.1, -0.05) is 30.3 Å². The van der Waals surface area contributed by atoms with Crippen LogP contribution in [-0.4, -0.2) is 25.0 Å². The fraction of sp³-hybridized carbons (Fsp3) is 0.0909. The number of carbonyl (C=O) groups excluding carboxylic acids is 1. The van der Waals surface area contributed by atoms with E-state index in [1.54, 1.807) is 6.07 Å². The van der Waals surface area contributed by atoms with Crippen molar-refractivity contribution in [2.45, 2.75) is 0 Å². The molecule has 2 aromatic rings. The van der Waals surface area contributed by atoms with Gasteiger partial charge in [0.25, 0.3) is 5.91 Å². The molecule has 0 atom stereocenters. The highest BCUT2D eigenvalue weighted by Crippen LogP contribution is 2.21. The summed E-state index contributed by atoms with van der Waals surface area (Å²) < 4.78 is 27.9. The van der Waals surface area contributed by atoms with Crippen LogP contribution in [0.4, 0.5) is 0 Å². The van der Waals surface area contributed by atoms with E-state index in [0.717, 1.165) is 23.4 Å². The Hall–Kier alpha value is -1.73. The maximum absolute atomic E-state index is 11.6. The van der Waals surface area contributed by atoms with Crippen molar-refractivity contribution in [1.82, 2.24) is 9.10 Å². The molecule has 0 unspecified atom stereocenters. The topological polar surface area (TPSA) is 76.1 Å². The van der Waals surface area contributed by atoms with Crippen molar-refractivity contribution >= 4 is 27.5 Å². The number of amides is 1. The van der Waals surface area contributed by atoms with E-state index >= 15 is 0 Å². The first-order chi connectivity index (χ1) is 8.46. The first kappa shape index (κ1) is 12.7. The molecule has 0 saturated heterocycles. The van der Waals surface area contributed by atoms with E-state index in [0.29, 0.717) is 5.69 Å². The van der Waals surface area contributed by atoms with E-state index in [1.165, 1.54) is 0 Å². The van der Waals surface area contributed by atoms with E-state index in [2.05, 4.69) is 4.37 Å². The zero-order valence-electron chi connectivity index (χ0n) is 9.45. The molecule has 1 amide bonds. The van der Waals surface area contributed by atoms with Crippen LogP contribution in [0.3, 0.4) is 0 Å². The van der Waals surface area contributed by atoms with Gasteiger partial charge in [0, 0.05) is 5.56 Å². The van der Waals surface area contributed by atoms with Gasteiger partial charge in [0.2, 0.25) is 10.0 Å². The fourth-order valence-electron chi connectivity index (χ4n) is 1.35. The molecule has 0 aliphatic carbocycles. The molecule has 0 fully saturated rings. The van der Waals surface area contributed by atoms with Gasteiger partial charge >= 0.3 is 0 Å². The molecule has 5 nitrogen and oxygen atoms in total. The number of nitrogens with zero attached hydrogens (tertiary/aromatic N) is 1. The highest BCUT2D eigenvalue weighted by atomic mass is 32.2. The van der Waals surface area contributed by atoms with Crippen LogP contribution in [0.1, 0.15) is 9.67 Å². The van der Waals surface area contributed by atoms with Gasteiger partial charge in [0.1, 0.15) is 4.88 Å². The third-order valence-electron chi connectivity index (χ3n) is 2.08. The Balaban J connectivity index is 2.24. The molecule has 18 heavy (non-hydrogen) atoms. The van der Waals surface area contributed by atoms with Crippen LogP contribution in [0.15, 0.2) is 36.4 Å². The molecule has 1 aromatic heterocycles. The van der Waals surface area contributed by atoms with Crippen LogP contribution < -0.4 is 4.72 Å². The second-order valence-electron chi connectivity index (χ2n) is 3.65. The average Bonchev–Trinajstić information content (AvgIpc) is 2.77. The van der Waals surface area contributed by atoms with Crippen LogP contribution in [-0.2, 0) is 10.0 Å². The molecule has 1 N–H and O–H groups in total. The van der Waals surface area contributed by atoms with Crippen LogP contribution in [0.2, 0.25) is 0 Å². The van der Waals surface area contributed by atoms with E-state index < -0.39 is 15.9 Å². The Morgan fingerprint density at radius 2 is 1.94 bits per heavy atom. The summed E-state index contributed by atoms with van der Waals surface area (Å²) in [6.07, 6.45) is 0.935. The predicted molar refractivity (Wildman–Crippen MR) is 69.9 cm³/mol. The van der Waals surface area contributed by atoms with Gasteiger partial charge in [-0.3, -0.25) is 4.79 Å². The minimum Gasteiger partial charge on any atom is -0.267 e. The van der Waals surface area contributed by atoms with Crippen molar-refractivity contribution in [2.75, 3.05) is 6.26 Å². The second kappa shape index (κ2) is 4.87. The van der Waals surface area contributed by atoms with Crippen molar-refractivity contribution in [3.8, 4) is 11.3 Å². The molecular formula is C11H10N2O3S2. The number of hydrogen-bond acceptors (Lipinski definition) is 5. The van der Waals surface area contributed by atoms with E-state index in [1.807, 2.05) is 35.1 Å². The highest BCUT2D eigenvalue weighted by molar-refractivity contribution is 7.89. The molecule has 0 bridgehead atoms. The molecule has 7 heteroatoms. The summed E-state index contributed by atoms with van der Waals surface area (Å²) in [5, 5.41) is 0. The van der Waals surface area contributed by atoms with Gasteiger partial charge < -0.3 is 0 Å². The summed E-state index contributed by atoms with van der Waals surface area (Å²) in [5.74, 6) is -0.655. The van der Waals surface area contributed by atoms with Crippen LogP contribution in [0.5, 0.6) is 0 Å². The van der Waals surface area contributed by atoms with Gasteiger partial charge in [-0.2, -0.15) is 4.37 Å². The van der Waals surface area contributed by atoms with E-state index in [9.17, 15) is 13.2 Å². The van der Waals surface area contributed by atoms with Gasteiger partial charge in [0.05, 0.1) is 11.9 Å². The molecule has 1 heterocycles. The lowest BCUT2D eigenvalue weighted by Gasteiger charge is -1.98. The lowest BCUT2D eigenvalue weighted by Crippen LogP contribution is -2.28. The number of benzene rings is 1. The summed E-state index contributed by atoms with van der Waals surface area (Å²) in [7, 11) is -3.55. The quantitative estimate of drug-likeness (QED) is 0.925. The fourth-order valence-corrected chi connectivity index (χ4v) is 2.51. The molecule has 0 aliphatic rings. The zero-order valence-corrected chi connectivity index (χ0v) is 11.1. The largest absolute Gasteiger partial charge is 0.276 e. The molecule has 0 spiro atoms. The number of sulfonamides is 1. The Morgan fingerprint density at radius 3 is 2.56 bits per heavy atom. The molecule has 1 aromatic carbocycles. The Labute approximate surface area is 109 Å². The average molecular weight is 282 g/mol. The molecule has 0 saturated carbocycles. The smallest absolute Gasteiger partial charge is 0.267 e.